The van der Waals surface area contributed by atoms with Gasteiger partial charge in [-0.1, -0.05) is 79.7 Å². The average molecular weight is 506 g/mol. The molecule has 0 saturated carbocycles. The second-order valence-corrected chi connectivity index (χ2v) is 9.41. The van der Waals surface area contributed by atoms with Crippen LogP contribution in [0.4, 0.5) is 5.69 Å². The van der Waals surface area contributed by atoms with E-state index in [-0.39, 0.29) is 23.3 Å². The Hall–Kier alpha value is -3.65. The standard InChI is InChI=1S/C28H31N3O4S/c1-2-17-29-28(33)26(18-22-9-5-3-6-10-22)30(19-23-11-7-4-8-12-23)27(32)21-36-20-24-13-15-25(16-14-24)31(34)35/h3-16,26H,2,17-21H2,1H3,(H,29,33)/t26-/m0/s1. The molecule has 0 aliphatic carbocycles. The van der Waals surface area contributed by atoms with E-state index in [4.69, 9.17) is 0 Å². The van der Waals surface area contributed by atoms with Gasteiger partial charge in [0.25, 0.3) is 5.69 Å². The summed E-state index contributed by atoms with van der Waals surface area (Å²) in [6.45, 7) is 2.87. The number of non-ortho nitro benzene ring substituents is 1. The van der Waals surface area contributed by atoms with E-state index in [0.29, 0.717) is 25.3 Å². The topological polar surface area (TPSA) is 92.6 Å². The summed E-state index contributed by atoms with van der Waals surface area (Å²) >= 11 is 1.43. The van der Waals surface area contributed by atoms with Crippen LogP contribution in [0.25, 0.3) is 0 Å². The predicted octanol–water partition coefficient (Wildman–Crippen LogP) is 4.99. The normalized spacial score (nSPS) is 11.5. The summed E-state index contributed by atoms with van der Waals surface area (Å²) in [5, 5.41) is 13.8. The van der Waals surface area contributed by atoms with Crippen LogP contribution in [0.15, 0.2) is 84.9 Å². The molecule has 188 valence electrons. The molecular formula is C28H31N3O4S. The van der Waals surface area contributed by atoms with Gasteiger partial charge >= 0.3 is 0 Å². The smallest absolute Gasteiger partial charge is 0.269 e. The van der Waals surface area contributed by atoms with Gasteiger partial charge in [0, 0.05) is 37.4 Å². The Morgan fingerprint density at radius 3 is 2.11 bits per heavy atom. The zero-order valence-electron chi connectivity index (χ0n) is 20.3. The first kappa shape index (κ1) is 26.9. The van der Waals surface area contributed by atoms with Crippen LogP contribution in [0.2, 0.25) is 0 Å². The lowest BCUT2D eigenvalue weighted by molar-refractivity contribution is -0.384. The minimum absolute atomic E-state index is 0.0377. The number of carbonyl (C=O) groups is 2. The Kier molecular flexibility index (Phi) is 10.5. The van der Waals surface area contributed by atoms with Crippen molar-refractivity contribution in [1.29, 1.82) is 0 Å². The van der Waals surface area contributed by atoms with Gasteiger partial charge in [-0.3, -0.25) is 19.7 Å². The molecule has 3 rings (SSSR count). The molecule has 0 radical (unpaired) electrons. The number of nitrogens with one attached hydrogen (secondary N) is 1. The SMILES string of the molecule is CCCNC(=O)[C@H](Cc1ccccc1)N(Cc1ccccc1)C(=O)CSCc1ccc([N+](=O)[O-])cc1. The molecule has 36 heavy (non-hydrogen) atoms. The average Bonchev–Trinajstić information content (AvgIpc) is 2.90. The zero-order valence-corrected chi connectivity index (χ0v) is 21.2. The van der Waals surface area contributed by atoms with E-state index < -0.39 is 11.0 Å². The molecule has 0 bridgehead atoms. The zero-order chi connectivity index (χ0) is 25.8. The van der Waals surface area contributed by atoms with Gasteiger partial charge in [0.2, 0.25) is 11.8 Å². The van der Waals surface area contributed by atoms with Gasteiger partial charge in [0.05, 0.1) is 10.7 Å². The molecule has 1 atom stereocenters. The molecule has 0 heterocycles. The Morgan fingerprint density at radius 1 is 0.917 bits per heavy atom. The molecule has 8 heteroatoms. The van der Waals surface area contributed by atoms with E-state index >= 15 is 0 Å². The summed E-state index contributed by atoms with van der Waals surface area (Å²) in [6.07, 6.45) is 1.23. The summed E-state index contributed by atoms with van der Waals surface area (Å²) in [7, 11) is 0. The fourth-order valence-corrected chi connectivity index (χ4v) is 4.62. The quantitative estimate of drug-likeness (QED) is 0.261. The Labute approximate surface area is 216 Å². The highest BCUT2D eigenvalue weighted by atomic mass is 32.2. The van der Waals surface area contributed by atoms with Crippen molar-refractivity contribution < 1.29 is 14.5 Å². The monoisotopic (exact) mass is 505 g/mol. The van der Waals surface area contributed by atoms with Crippen LogP contribution in [-0.4, -0.2) is 40.0 Å². The maximum absolute atomic E-state index is 13.5. The summed E-state index contributed by atoms with van der Waals surface area (Å²) in [5.41, 5.74) is 2.87. The Balaban J connectivity index is 1.78. The third-order valence-corrected chi connectivity index (χ3v) is 6.65. The summed E-state index contributed by atoms with van der Waals surface area (Å²) in [5.74, 6) is 0.438. The molecule has 7 nitrogen and oxygen atoms in total. The molecule has 0 unspecified atom stereocenters. The second kappa shape index (κ2) is 14.0. The van der Waals surface area contributed by atoms with Crippen LogP contribution in [-0.2, 0) is 28.3 Å². The van der Waals surface area contributed by atoms with Crippen molar-refractivity contribution in [3.05, 3.63) is 112 Å². The molecular weight excluding hydrogens is 474 g/mol. The second-order valence-electron chi connectivity index (χ2n) is 8.42. The molecule has 3 aromatic carbocycles. The third kappa shape index (κ3) is 8.23. The third-order valence-electron chi connectivity index (χ3n) is 5.66. The van der Waals surface area contributed by atoms with Crippen molar-refractivity contribution in [1.82, 2.24) is 10.2 Å². The number of carbonyl (C=O) groups excluding carboxylic acids is 2. The van der Waals surface area contributed by atoms with Crippen LogP contribution in [0, 0.1) is 10.1 Å². The van der Waals surface area contributed by atoms with Crippen molar-refractivity contribution in [2.75, 3.05) is 12.3 Å². The van der Waals surface area contributed by atoms with Gasteiger partial charge in [0.15, 0.2) is 0 Å². The van der Waals surface area contributed by atoms with Gasteiger partial charge in [-0.05, 0) is 23.1 Å². The molecule has 0 aromatic heterocycles. The van der Waals surface area contributed by atoms with Crippen molar-refractivity contribution in [2.45, 2.75) is 38.1 Å². The lowest BCUT2D eigenvalue weighted by Crippen LogP contribution is -2.51. The fourth-order valence-electron chi connectivity index (χ4n) is 3.75. The van der Waals surface area contributed by atoms with Crippen molar-refractivity contribution in [3.8, 4) is 0 Å². The highest BCUT2D eigenvalue weighted by Crippen LogP contribution is 2.20. The van der Waals surface area contributed by atoms with E-state index in [2.05, 4.69) is 5.32 Å². The first-order valence-electron chi connectivity index (χ1n) is 11.9. The lowest BCUT2D eigenvalue weighted by atomic mass is 10.0. The maximum Gasteiger partial charge on any atom is 0.269 e. The van der Waals surface area contributed by atoms with Crippen LogP contribution in [0.3, 0.4) is 0 Å². The highest BCUT2D eigenvalue weighted by molar-refractivity contribution is 7.99. The lowest BCUT2D eigenvalue weighted by Gasteiger charge is -2.31. The largest absolute Gasteiger partial charge is 0.354 e. The van der Waals surface area contributed by atoms with Gasteiger partial charge in [-0.2, -0.15) is 0 Å². The molecule has 3 aromatic rings. The van der Waals surface area contributed by atoms with Gasteiger partial charge in [-0.25, -0.2) is 0 Å². The maximum atomic E-state index is 13.5. The summed E-state index contributed by atoms with van der Waals surface area (Å²) in [4.78, 5) is 38.9. The number of rotatable bonds is 13. The van der Waals surface area contributed by atoms with E-state index in [0.717, 1.165) is 23.1 Å². The molecule has 0 aliphatic heterocycles. The molecule has 0 fully saturated rings. The number of hydrogen-bond donors (Lipinski definition) is 1. The van der Waals surface area contributed by atoms with Gasteiger partial charge in [0.1, 0.15) is 6.04 Å². The number of thioether (sulfide) groups is 1. The number of amides is 2. The first-order chi connectivity index (χ1) is 17.5. The number of nitro groups is 1. The summed E-state index contributed by atoms with van der Waals surface area (Å²) in [6, 6.07) is 25.1. The van der Waals surface area contributed by atoms with Crippen LogP contribution in [0.5, 0.6) is 0 Å². The van der Waals surface area contributed by atoms with E-state index in [1.54, 1.807) is 17.0 Å². The minimum atomic E-state index is -0.647. The van der Waals surface area contributed by atoms with Crippen molar-refractivity contribution in [2.24, 2.45) is 0 Å². The number of benzene rings is 3. The van der Waals surface area contributed by atoms with Gasteiger partial charge in [-0.15, -0.1) is 11.8 Å². The van der Waals surface area contributed by atoms with Crippen molar-refractivity contribution in [3.63, 3.8) is 0 Å². The number of nitro benzene ring substituents is 1. The van der Waals surface area contributed by atoms with Crippen LogP contribution >= 0.6 is 11.8 Å². The molecule has 0 spiro atoms. The molecule has 0 saturated heterocycles. The Bertz CT molecular complexity index is 1120. The van der Waals surface area contributed by atoms with E-state index in [1.807, 2.05) is 67.6 Å². The van der Waals surface area contributed by atoms with E-state index in [9.17, 15) is 19.7 Å². The van der Waals surface area contributed by atoms with Crippen LogP contribution in [0.1, 0.15) is 30.0 Å². The van der Waals surface area contributed by atoms with Gasteiger partial charge < -0.3 is 10.2 Å². The van der Waals surface area contributed by atoms with Crippen LogP contribution < -0.4 is 5.32 Å². The molecule has 0 aliphatic rings. The predicted molar refractivity (Wildman–Crippen MR) is 143 cm³/mol. The summed E-state index contributed by atoms with van der Waals surface area (Å²) < 4.78 is 0. The first-order valence-corrected chi connectivity index (χ1v) is 13.1. The minimum Gasteiger partial charge on any atom is -0.354 e. The van der Waals surface area contributed by atoms with Crippen molar-refractivity contribution >= 4 is 29.3 Å². The molecule has 1 N–H and O–H groups in total. The fraction of sp³-hybridized carbons (Fsp3) is 0.286. The Morgan fingerprint density at radius 2 is 1.53 bits per heavy atom. The number of nitrogens with zero attached hydrogens (tertiary/aromatic N) is 2. The van der Waals surface area contributed by atoms with E-state index in [1.165, 1.54) is 23.9 Å². The highest BCUT2D eigenvalue weighted by Gasteiger charge is 2.30. The number of hydrogen-bond acceptors (Lipinski definition) is 5. The molecule has 2 amide bonds.